The van der Waals surface area contributed by atoms with Crippen molar-refractivity contribution in [3.63, 3.8) is 0 Å². The molecule has 3 unspecified atom stereocenters. The standard InChI is InChI=1S/C16H24FNO/c1-4-12-7-8-18-15(9-12)16(3,19)13-6-5-11(2)14(17)10-13/h5-6,10,12,15,18-19H,4,7-9H2,1-3H3. The van der Waals surface area contributed by atoms with E-state index in [2.05, 4.69) is 12.2 Å². The quantitative estimate of drug-likeness (QED) is 0.880. The van der Waals surface area contributed by atoms with Crippen molar-refractivity contribution in [3.8, 4) is 0 Å². The lowest BCUT2D eigenvalue weighted by atomic mass is 9.79. The number of halogens is 1. The zero-order chi connectivity index (χ0) is 14.0. The number of piperidine rings is 1. The first-order valence-corrected chi connectivity index (χ1v) is 7.17. The van der Waals surface area contributed by atoms with Crippen LogP contribution in [0.5, 0.6) is 0 Å². The smallest absolute Gasteiger partial charge is 0.126 e. The number of hydrogen-bond donors (Lipinski definition) is 2. The molecule has 0 aliphatic carbocycles. The van der Waals surface area contributed by atoms with Crippen LogP contribution in [-0.2, 0) is 5.60 Å². The molecular weight excluding hydrogens is 241 g/mol. The van der Waals surface area contributed by atoms with Crippen LogP contribution in [0.4, 0.5) is 4.39 Å². The summed E-state index contributed by atoms with van der Waals surface area (Å²) >= 11 is 0. The molecule has 0 amide bonds. The second kappa shape index (κ2) is 5.59. The number of aryl methyl sites for hydroxylation is 1. The highest BCUT2D eigenvalue weighted by Gasteiger charge is 2.37. The van der Waals surface area contributed by atoms with E-state index in [1.165, 1.54) is 6.07 Å². The molecule has 106 valence electrons. The highest BCUT2D eigenvalue weighted by atomic mass is 19.1. The molecule has 19 heavy (non-hydrogen) atoms. The summed E-state index contributed by atoms with van der Waals surface area (Å²) in [6.07, 6.45) is 3.24. The van der Waals surface area contributed by atoms with Crippen molar-refractivity contribution in [2.45, 2.75) is 51.7 Å². The molecular formula is C16H24FNO. The van der Waals surface area contributed by atoms with Crippen LogP contribution in [0.3, 0.4) is 0 Å². The van der Waals surface area contributed by atoms with Gasteiger partial charge in [-0.05, 0) is 56.3 Å². The molecule has 2 rings (SSSR count). The Kier molecular flexibility index (Phi) is 4.26. The maximum atomic E-state index is 13.7. The van der Waals surface area contributed by atoms with E-state index >= 15 is 0 Å². The van der Waals surface area contributed by atoms with E-state index in [1.807, 2.05) is 6.07 Å². The van der Waals surface area contributed by atoms with Crippen molar-refractivity contribution in [2.75, 3.05) is 6.54 Å². The van der Waals surface area contributed by atoms with Gasteiger partial charge in [0.1, 0.15) is 11.4 Å². The summed E-state index contributed by atoms with van der Waals surface area (Å²) in [7, 11) is 0. The van der Waals surface area contributed by atoms with Crippen LogP contribution in [0.15, 0.2) is 18.2 Å². The Labute approximate surface area is 115 Å². The first kappa shape index (κ1) is 14.5. The minimum Gasteiger partial charge on any atom is -0.384 e. The second-order valence-corrected chi connectivity index (χ2v) is 5.92. The lowest BCUT2D eigenvalue weighted by Gasteiger charge is -2.39. The van der Waals surface area contributed by atoms with Crippen LogP contribution in [0.2, 0.25) is 0 Å². The molecule has 1 fully saturated rings. The van der Waals surface area contributed by atoms with Gasteiger partial charge in [-0.15, -0.1) is 0 Å². The van der Waals surface area contributed by atoms with Crippen LogP contribution in [-0.4, -0.2) is 17.7 Å². The normalized spacial score (nSPS) is 27.0. The summed E-state index contributed by atoms with van der Waals surface area (Å²) < 4.78 is 13.7. The summed E-state index contributed by atoms with van der Waals surface area (Å²) in [5.41, 5.74) is 0.245. The van der Waals surface area contributed by atoms with Gasteiger partial charge < -0.3 is 10.4 Å². The summed E-state index contributed by atoms with van der Waals surface area (Å²) in [5.74, 6) is 0.397. The molecule has 0 spiro atoms. The van der Waals surface area contributed by atoms with E-state index in [0.717, 1.165) is 25.8 Å². The first-order chi connectivity index (χ1) is 8.95. The van der Waals surface area contributed by atoms with E-state index in [1.54, 1.807) is 19.9 Å². The highest BCUT2D eigenvalue weighted by Crippen LogP contribution is 2.33. The van der Waals surface area contributed by atoms with Crippen LogP contribution in [0, 0.1) is 18.7 Å². The van der Waals surface area contributed by atoms with Crippen molar-refractivity contribution >= 4 is 0 Å². The van der Waals surface area contributed by atoms with Gasteiger partial charge in [0, 0.05) is 6.04 Å². The van der Waals surface area contributed by atoms with Gasteiger partial charge in [-0.1, -0.05) is 25.5 Å². The van der Waals surface area contributed by atoms with Crippen molar-refractivity contribution in [3.05, 3.63) is 35.1 Å². The molecule has 1 heterocycles. The average Bonchev–Trinajstić information content (AvgIpc) is 2.41. The van der Waals surface area contributed by atoms with Gasteiger partial charge in [-0.3, -0.25) is 0 Å². The average molecular weight is 265 g/mol. The van der Waals surface area contributed by atoms with E-state index in [0.29, 0.717) is 17.0 Å². The third-order valence-corrected chi connectivity index (χ3v) is 4.52. The molecule has 1 saturated heterocycles. The Bertz CT molecular complexity index is 444. The van der Waals surface area contributed by atoms with Gasteiger partial charge in [0.2, 0.25) is 0 Å². The second-order valence-electron chi connectivity index (χ2n) is 5.92. The molecule has 3 atom stereocenters. The Morgan fingerprint density at radius 2 is 2.21 bits per heavy atom. The van der Waals surface area contributed by atoms with Crippen molar-refractivity contribution in [2.24, 2.45) is 5.92 Å². The molecule has 0 aromatic heterocycles. The Balaban J connectivity index is 2.22. The Morgan fingerprint density at radius 1 is 1.47 bits per heavy atom. The highest BCUT2D eigenvalue weighted by molar-refractivity contribution is 5.29. The van der Waals surface area contributed by atoms with Crippen molar-refractivity contribution < 1.29 is 9.50 Å². The number of hydrogen-bond acceptors (Lipinski definition) is 2. The molecule has 2 nitrogen and oxygen atoms in total. The van der Waals surface area contributed by atoms with E-state index in [-0.39, 0.29) is 11.9 Å². The number of rotatable bonds is 3. The molecule has 3 heteroatoms. The fourth-order valence-electron chi connectivity index (χ4n) is 2.90. The molecule has 1 aromatic rings. The monoisotopic (exact) mass is 265 g/mol. The van der Waals surface area contributed by atoms with E-state index < -0.39 is 5.60 Å². The number of aliphatic hydroxyl groups is 1. The van der Waals surface area contributed by atoms with Gasteiger partial charge in [0.25, 0.3) is 0 Å². The van der Waals surface area contributed by atoms with Gasteiger partial charge >= 0.3 is 0 Å². The maximum absolute atomic E-state index is 13.7. The van der Waals surface area contributed by atoms with Crippen LogP contribution < -0.4 is 5.32 Å². The zero-order valence-electron chi connectivity index (χ0n) is 12.0. The van der Waals surface area contributed by atoms with Crippen molar-refractivity contribution in [1.29, 1.82) is 0 Å². The molecule has 0 bridgehead atoms. The fraction of sp³-hybridized carbons (Fsp3) is 0.625. The van der Waals surface area contributed by atoms with Crippen LogP contribution >= 0.6 is 0 Å². The first-order valence-electron chi connectivity index (χ1n) is 7.17. The molecule has 1 aliphatic heterocycles. The van der Waals surface area contributed by atoms with Crippen LogP contribution in [0.25, 0.3) is 0 Å². The summed E-state index contributed by atoms with van der Waals surface area (Å²) in [4.78, 5) is 0. The number of benzene rings is 1. The predicted molar refractivity (Wildman–Crippen MR) is 75.5 cm³/mol. The minimum absolute atomic E-state index is 0.00620. The fourth-order valence-corrected chi connectivity index (χ4v) is 2.90. The van der Waals surface area contributed by atoms with Gasteiger partial charge in [0.15, 0.2) is 0 Å². The summed E-state index contributed by atoms with van der Waals surface area (Å²) in [5, 5.41) is 14.2. The Morgan fingerprint density at radius 3 is 2.84 bits per heavy atom. The molecule has 0 radical (unpaired) electrons. The van der Waals surface area contributed by atoms with Gasteiger partial charge in [-0.25, -0.2) is 4.39 Å². The topological polar surface area (TPSA) is 32.3 Å². The van der Waals surface area contributed by atoms with Gasteiger partial charge in [-0.2, -0.15) is 0 Å². The molecule has 0 saturated carbocycles. The minimum atomic E-state index is -1.03. The molecule has 1 aliphatic rings. The zero-order valence-corrected chi connectivity index (χ0v) is 12.0. The Hall–Kier alpha value is -0.930. The van der Waals surface area contributed by atoms with E-state index in [4.69, 9.17) is 0 Å². The maximum Gasteiger partial charge on any atom is 0.126 e. The largest absolute Gasteiger partial charge is 0.384 e. The lowest BCUT2D eigenvalue weighted by molar-refractivity contribution is -0.00333. The lowest BCUT2D eigenvalue weighted by Crippen LogP contribution is -2.51. The van der Waals surface area contributed by atoms with E-state index in [9.17, 15) is 9.50 Å². The van der Waals surface area contributed by atoms with Crippen LogP contribution in [0.1, 0.15) is 44.2 Å². The predicted octanol–water partition coefficient (Wildman–Crippen LogP) is 3.12. The summed E-state index contributed by atoms with van der Waals surface area (Å²) in [6.45, 7) is 6.63. The third-order valence-electron chi connectivity index (χ3n) is 4.52. The van der Waals surface area contributed by atoms with Crippen molar-refractivity contribution in [1.82, 2.24) is 5.32 Å². The molecule has 2 N–H and O–H groups in total. The number of nitrogens with one attached hydrogen (secondary N) is 1. The summed E-state index contributed by atoms with van der Waals surface area (Å²) in [6, 6.07) is 5.02. The third kappa shape index (κ3) is 2.98. The SMILES string of the molecule is CCC1CCNC(C(C)(O)c2ccc(C)c(F)c2)C1. The van der Waals surface area contributed by atoms with Gasteiger partial charge in [0.05, 0.1) is 0 Å². The molecule has 1 aromatic carbocycles.